The van der Waals surface area contributed by atoms with Gasteiger partial charge in [0.15, 0.2) is 0 Å². The molecule has 0 radical (unpaired) electrons. The van der Waals surface area contributed by atoms with Gasteiger partial charge >= 0.3 is 0 Å². The number of nitrogens with one attached hydrogen (secondary N) is 1. The van der Waals surface area contributed by atoms with Gasteiger partial charge in [0.05, 0.1) is 6.07 Å². The second-order valence-corrected chi connectivity index (χ2v) is 6.15. The molecule has 0 aliphatic heterocycles. The van der Waals surface area contributed by atoms with E-state index in [1.165, 1.54) is 19.3 Å². The predicted molar refractivity (Wildman–Crippen MR) is 83.1 cm³/mol. The maximum atomic E-state index is 9.28. The molecule has 112 valence electrons. The van der Waals surface area contributed by atoms with Crippen LogP contribution in [0.2, 0.25) is 0 Å². The molecule has 3 heteroatoms. The molecular formula is C16H33N3. The fraction of sp³-hybridized carbons (Fsp3) is 0.938. The van der Waals surface area contributed by atoms with Gasteiger partial charge in [-0.25, -0.2) is 0 Å². The number of rotatable bonds is 10. The lowest BCUT2D eigenvalue weighted by molar-refractivity contribution is 0.222. The van der Waals surface area contributed by atoms with Crippen LogP contribution in [0.15, 0.2) is 0 Å². The molecule has 0 aliphatic rings. The molecule has 0 fully saturated rings. The smallest absolute Gasteiger partial charge is 0.104 e. The molecule has 1 atom stereocenters. The highest BCUT2D eigenvalue weighted by molar-refractivity contribution is 5.04. The fourth-order valence-corrected chi connectivity index (χ4v) is 2.73. The lowest BCUT2D eigenvalue weighted by Gasteiger charge is -2.28. The van der Waals surface area contributed by atoms with E-state index in [4.69, 9.17) is 0 Å². The van der Waals surface area contributed by atoms with Crippen LogP contribution in [0.25, 0.3) is 0 Å². The molecule has 0 spiro atoms. The summed E-state index contributed by atoms with van der Waals surface area (Å²) in [5.41, 5.74) is -0.373. The second kappa shape index (κ2) is 9.34. The number of unbranched alkanes of at least 4 members (excludes halogenated alkanes) is 1. The van der Waals surface area contributed by atoms with Gasteiger partial charge in [-0.15, -0.1) is 0 Å². The van der Waals surface area contributed by atoms with Gasteiger partial charge in [-0.1, -0.05) is 13.8 Å². The number of nitriles is 1. The summed E-state index contributed by atoms with van der Waals surface area (Å²) < 4.78 is 0. The first-order chi connectivity index (χ1) is 8.88. The van der Waals surface area contributed by atoms with Gasteiger partial charge in [0.2, 0.25) is 0 Å². The summed E-state index contributed by atoms with van der Waals surface area (Å²) in [5, 5.41) is 12.6. The molecule has 0 aromatic carbocycles. The molecule has 3 nitrogen and oxygen atoms in total. The van der Waals surface area contributed by atoms with Crippen molar-refractivity contribution in [2.24, 2.45) is 0 Å². The molecule has 0 saturated heterocycles. The summed E-state index contributed by atoms with van der Waals surface area (Å²) in [7, 11) is 2.22. The molecule has 0 saturated carbocycles. The van der Waals surface area contributed by atoms with Crippen molar-refractivity contribution in [1.82, 2.24) is 10.2 Å². The number of hydrogen-bond donors (Lipinski definition) is 1. The van der Waals surface area contributed by atoms with Crippen molar-refractivity contribution in [1.29, 1.82) is 5.26 Å². The van der Waals surface area contributed by atoms with Crippen LogP contribution in [0.1, 0.15) is 66.7 Å². The van der Waals surface area contributed by atoms with Gasteiger partial charge in [0, 0.05) is 12.1 Å². The zero-order valence-electron chi connectivity index (χ0n) is 13.8. The third-order valence-electron chi connectivity index (χ3n) is 3.86. The zero-order chi connectivity index (χ0) is 14.9. The largest absolute Gasteiger partial charge is 0.303 e. The summed E-state index contributed by atoms with van der Waals surface area (Å²) in [5.74, 6) is 0. The minimum atomic E-state index is -0.373. The van der Waals surface area contributed by atoms with Crippen LogP contribution in [0.4, 0.5) is 0 Å². The van der Waals surface area contributed by atoms with Crippen LogP contribution in [0.3, 0.4) is 0 Å². The number of nitrogens with zero attached hydrogens (tertiary/aromatic N) is 2. The first-order valence-corrected chi connectivity index (χ1v) is 7.77. The Morgan fingerprint density at radius 1 is 1.21 bits per heavy atom. The van der Waals surface area contributed by atoms with Gasteiger partial charge in [-0.3, -0.25) is 5.32 Å². The van der Waals surface area contributed by atoms with Crippen molar-refractivity contribution in [3.8, 4) is 6.07 Å². The zero-order valence-corrected chi connectivity index (χ0v) is 13.8. The molecule has 0 rings (SSSR count). The van der Waals surface area contributed by atoms with Crippen LogP contribution in [0, 0.1) is 11.3 Å². The Balaban J connectivity index is 3.99. The van der Waals surface area contributed by atoms with Gasteiger partial charge in [-0.2, -0.15) is 5.26 Å². The second-order valence-electron chi connectivity index (χ2n) is 6.15. The van der Waals surface area contributed by atoms with Crippen LogP contribution < -0.4 is 5.32 Å². The van der Waals surface area contributed by atoms with Crippen LogP contribution in [-0.2, 0) is 0 Å². The van der Waals surface area contributed by atoms with Crippen LogP contribution in [-0.4, -0.2) is 36.1 Å². The van der Waals surface area contributed by atoms with E-state index in [2.05, 4.69) is 51.0 Å². The predicted octanol–water partition coefficient (Wildman–Crippen LogP) is 3.56. The van der Waals surface area contributed by atoms with E-state index in [9.17, 15) is 5.26 Å². The molecule has 0 bridgehead atoms. The highest BCUT2D eigenvalue weighted by Crippen LogP contribution is 2.15. The third kappa shape index (κ3) is 7.54. The molecule has 19 heavy (non-hydrogen) atoms. The van der Waals surface area contributed by atoms with Crippen LogP contribution in [0.5, 0.6) is 0 Å². The highest BCUT2D eigenvalue weighted by Gasteiger charge is 2.23. The summed E-state index contributed by atoms with van der Waals surface area (Å²) in [4.78, 5) is 2.46. The Bertz CT molecular complexity index is 266. The van der Waals surface area contributed by atoms with E-state index in [1.807, 2.05) is 6.92 Å². The van der Waals surface area contributed by atoms with E-state index in [1.54, 1.807) is 0 Å². The third-order valence-corrected chi connectivity index (χ3v) is 3.86. The maximum absolute atomic E-state index is 9.28. The molecule has 0 aromatic rings. The van der Waals surface area contributed by atoms with E-state index in [0.29, 0.717) is 12.1 Å². The van der Waals surface area contributed by atoms with Crippen molar-refractivity contribution in [2.75, 3.05) is 13.6 Å². The molecule has 0 amide bonds. The van der Waals surface area contributed by atoms with E-state index in [0.717, 1.165) is 19.4 Å². The van der Waals surface area contributed by atoms with Gasteiger partial charge < -0.3 is 4.90 Å². The van der Waals surface area contributed by atoms with Crippen molar-refractivity contribution < 1.29 is 0 Å². The molecular weight excluding hydrogens is 234 g/mol. The Morgan fingerprint density at radius 3 is 2.21 bits per heavy atom. The molecule has 0 aliphatic carbocycles. The Morgan fingerprint density at radius 2 is 1.79 bits per heavy atom. The average molecular weight is 267 g/mol. The monoisotopic (exact) mass is 267 g/mol. The van der Waals surface area contributed by atoms with Crippen molar-refractivity contribution in [3.05, 3.63) is 0 Å². The lowest BCUT2D eigenvalue weighted by Crippen LogP contribution is -2.45. The number of hydrogen-bond acceptors (Lipinski definition) is 3. The van der Waals surface area contributed by atoms with Gasteiger partial charge in [0.25, 0.3) is 0 Å². The SMILES string of the molecule is CCC(CC)N(C)CCCCC(C)(C#N)NC(C)C. The Labute approximate surface area is 120 Å². The fourth-order valence-electron chi connectivity index (χ4n) is 2.73. The Hall–Kier alpha value is -0.590. The van der Waals surface area contributed by atoms with E-state index in [-0.39, 0.29) is 5.54 Å². The maximum Gasteiger partial charge on any atom is 0.104 e. The van der Waals surface area contributed by atoms with Crippen molar-refractivity contribution in [2.45, 2.75) is 84.3 Å². The van der Waals surface area contributed by atoms with Crippen molar-refractivity contribution >= 4 is 0 Å². The lowest BCUT2D eigenvalue weighted by atomic mass is 9.95. The topological polar surface area (TPSA) is 39.1 Å². The van der Waals surface area contributed by atoms with Gasteiger partial charge in [-0.05, 0) is 66.5 Å². The molecule has 0 heterocycles. The summed E-state index contributed by atoms with van der Waals surface area (Å²) in [6, 6.07) is 3.48. The minimum Gasteiger partial charge on any atom is -0.303 e. The van der Waals surface area contributed by atoms with E-state index >= 15 is 0 Å². The quantitative estimate of drug-likeness (QED) is 0.615. The highest BCUT2D eigenvalue weighted by atomic mass is 15.1. The minimum absolute atomic E-state index is 0.358. The van der Waals surface area contributed by atoms with Crippen molar-refractivity contribution in [3.63, 3.8) is 0 Å². The van der Waals surface area contributed by atoms with Gasteiger partial charge in [0.1, 0.15) is 5.54 Å². The van der Waals surface area contributed by atoms with Crippen LogP contribution >= 0.6 is 0 Å². The molecule has 0 aromatic heterocycles. The molecule has 1 N–H and O–H groups in total. The summed E-state index contributed by atoms with van der Waals surface area (Å²) in [6.45, 7) is 11.8. The first kappa shape index (κ1) is 18.4. The van der Waals surface area contributed by atoms with E-state index < -0.39 is 0 Å². The summed E-state index contributed by atoms with van der Waals surface area (Å²) in [6.07, 6.45) is 5.65. The molecule has 1 unspecified atom stereocenters. The standard InChI is InChI=1S/C16H33N3/c1-7-15(8-2)19(6)12-10-9-11-16(5,13-17)18-14(3)4/h14-15,18H,7-12H2,1-6H3. The summed E-state index contributed by atoms with van der Waals surface area (Å²) >= 11 is 0. The Kier molecular flexibility index (Phi) is 9.05. The normalized spacial score (nSPS) is 14.9. The average Bonchev–Trinajstić information content (AvgIpc) is 2.35. The first-order valence-electron chi connectivity index (χ1n) is 7.77.